The van der Waals surface area contributed by atoms with Crippen LogP contribution in [0.3, 0.4) is 0 Å². The average Bonchev–Trinajstić information content (AvgIpc) is 3.00. The lowest BCUT2D eigenvalue weighted by atomic mass is 10.1. The van der Waals surface area contributed by atoms with Gasteiger partial charge < -0.3 is 15.1 Å². The first-order valence-electron chi connectivity index (χ1n) is 8.72. The fourth-order valence-electron chi connectivity index (χ4n) is 2.82. The van der Waals surface area contributed by atoms with Crippen molar-refractivity contribution in [2.75, 3.05) is 11.9 Å². The van der Waals surface area contributed by atoms with E-state index < -0.39 is 0 Å². The molecule has 0 atom stereocenters. The molecule has 0 aliphatic carbocycles. The first-order valence-corrected chi connectivity index (χ1v) is 9.51. The minimum atomic E-state index is -0.138. The molecule has 6 heteroatoms. The van der Waals surface area contributed by atoms with E-state index in [4.69, 9.17) is 4.42 Å². The van der Waals surface area contributed by atoms with E-state index in [-0.39, 0.29) is 31.2 Å². The van der Waals surface area contributed by atoms with E-state index in [1.54, 1.807) is 6.26 Å². The van der Waals surface area contributed by atoms with Gasteiger partial charge in [-0.15, -0.1) is 0 Å². The van der Waals surface area contributed by atoms with Crippen molar-refractivity contribution in [1.82, 2.24) is 5.32 Å². The number of benzene rings is 2. The van der Waals surface area contributed by atoms with Gasteiger partial charge in [-0.25, -0.2) is 0 Å². The van der Waals surface area contributed by atoms with Crippen LogP contribution in [-0.2, 0) is 16.0 Å². The molecule has 2 amide bonds. The quantitative estimate of drug-likeness (QED) is 0.606. The van der Waals surface area contributed by atoms with Gasteiger partial charge in [0.1, 0.15) is 5.58 Å². The molecule has 0 bridgehead atoms. The van der Waals surface area contributed by atoms with Gasteiger partial charge in [0.2, 0.25) is 11.8 Å². The lowest BCUT2D eigenvalue weighted by molar-refractivity contribution is -0.120. The number of furan rings is 1. The largest absolute Gasteiger partial charge is 0.464 e. The summed E-state index contributed by atoms with van der Waals surface area (Å²) in [6, 6.07) is 11.6. The zero-order chi connectivity index (χ0) is 19.4. The highest BCUT2D eigenvalue weighted by molar-refractivity contribution is 9.10. The molecule has 0 spiro atoms. The maximum atomic E-state index is 12.2. The molecule has 0 radical (unpaired) electrons. The van der Waals surface area contributed by atoms with Crippen molar-refractivity contribution < 1.29 is 14.0 Å². The van der Waals surface area contributed by atoms with E-state index in [1.165, 1.54) is 0 Å². The van der Waals surface area contributed by atoms with E-state index in [0.29, 0.717) is 0 Å². The first-order chi connectivity index (χ1) is 12.9. The van der Waals surface area contributed by atoms with Crippen LogP contribution in [0.5, 0.6) is 0 Å². The van der Waals surface area contributed by atoms with Crippen LogP contribution >= 0.6 is 15.9 Å². The molecule has 2 aromatic carbocycles. The molecule has 1 heterocycles. The van der Waals surface area contributed by atoms with Crippen molar-refractivity contribution in [2.24, 2.45) is 0 Å². The summed E-state index contributed by atoms with van der Waals surface area (Å²) in [6.07, 6.45) is 2.05. The molecule has 0 saturated carbocycles. The molecule has 140 valence electrons. The Bertz CT molecular complexity index is 994. The molecule has 1 aromatic heterocycles. The van der Waals surface area contributed by atoms with Crippen molar-refractivity contribution >= 4 is 44.4 Å². The Hall–Kier alpha value is -2.60. The van der Waals surface area contributed by atoms with Crippen LogP contribution in [0.2, 0.25) is 0 Å². The number of aryl methyl sites for hydroxylation is 2. The highest BCUT2D eigenvalue weighted by Gasteiger charge is 2.11. The minimum absolute atomic E-state index is 0.135. The minimum Gasteiger partial charge on any atom is -0.464 e. The number of fused-ring (bicyclic) bond motifs is 1. The Balaban J connectivity index is 1.49. The Morgan fingerprint density at radius 3 is 2.70 bits per heavy atom. The number of rotatable bonds is 6. The molecule has 0 unspecified atom stereocenters. The number of hydrogen-bond donors (Lipinski definition) is 2. The lowest BCUT2D eigenvalue weighted by Gasteiger charge is -2.09. The summed E-state index contributed by atoms with van der Waals surface area (Å²) in [5.74, 6) is -0.273. The predicted octanol–water partition coefficient (Wildman–Crippen LogP) is 4.50. The molecular formula is C21H21BrN2O3. The number of amides is 2. The van der Waals surface area contributed by atoms with Crippen molar-refractivity contribution in [2.45, 2.75) is 26.7 Å². The van der Waals surface area contributed by atoms with Crippen LogP contribution in [0.1, 0.15) is 23.1 Å². The fourth-order valence-corrected chi connectivity index (χ4v) is 3.18. The number of nitrogens with one attached hydrogen (secondary N) is 2. The zero-order valence-electron chi connectivity index (χ0n) is 15.3. The smallest absolute Gasteiger partial charge is 0.226 e. The Morgan fingerprint density at radius 2 is 1.89 bits per heavy atom. The summed E-state index contributed by atoms with van der Waals surface area (Å²) < 4.78 is 6.41. The van der Waals surface area contributed by atoms with Crippen LogP contribution in [0, 0.1) is 13.8 Å². The van der Waals surface area contributed by atoms with Crippen molar-refractivity contribution in [3.8, 4) is 0 Å². The van der Waals surface area contributed by atoms with Gasteiger partial charge in [0.15, 0.2) is 0 Å². The maximum Gasteiger partial charge on any atom is 0.226 e. The summed E-state index contributed by atoms with van der Waals surface area (Å²) in [4.78, 5) is 24.3. The molecule has 2 N–H and O–H groups in total. The second-order valence-corrected chi connectivity index (χ2v) is 7.46. The number of halogens is 1. The highest BCUT2D eigenvalue weighted by Crippen LogP contribution is 2.23. The molecule has 0 saturated heterocycles. The van der Waals surface area contributed by atoms with Gasteiger partial charge in [-0.1, -0.05) is 34.1 Å². The van der Waals surface area contributed by atoms with Gasteiger partial charge in [0.25, 0.3) is 0 Å². The van der Waals surface area contributed by atoms with Gasteiger partial charge in [0.05, 0.1) is 12.7 Å². The molecular weight excluding hydrogens is 408 g/mol. The number of hydrogen-bond acceptors (Lipinski definition) is 3. The van der Waals surface area contributed by atoms with E-state index >= 15 is 0 Å². The van der Waals surface area contributed by atoms with E-state index in [0.717, 1.165) is 37.8 Å². The molecule has 5 nitrogen and oxygen atoms in total. The summed E-state index contributed by atoms with van der Waals surface area (Å²) in [6.45, 7) is 4.21. The summed E-state index contributed by atoms with van der Waals surface area (Å²) >= 11 is 3.39. The number of carbonyl (C=O) groups excluding carboxylic acids is 2. The second-order valence-electron chi connectivity index (χ2n) is 6.54. The van der Waals surface area contributed by atoms with Crippen LogP contribution < -0.4 is 10.6 Å². The average molecular weight is 429 g/mol. The summed E-state index contributed by atoms with van der Waals surface area (Å²) in [5.41, 5.74) is 4.48. The number of anilines is 1. The normalized spacial score (nSPS) is 10.8. The van der Waals surface area contributed by atoms with Crippen LogP contribution in [0.25, 0.3) is 11.0 Å². The van der Waals surface area contributed by atoms with Crippen LogP contribution in [-0.4, -0.2) is 18.4 Å². The van der Waals surface area contributed by atoms with E-state index in [9.17, 15) is 9.59 Å². The SMILES string of the molecule is Cc1ccc2c(CC(=O)NCCC(=O)Nc3cc(Br)ccc3C)coc2c1. The second kappa shape index (κ2) is 8.39. The molecule has 3 rings (SSSR count). The van der Waals surface area contributed by atoms with Gasteiger partial charge in [-0.05, 0) is 43.2 Å². The third kappa shape index (κ3) is 4.98. The third-order valence-electron chi connectivity index (χ3n) is 4.31. The van der Waals surface area contributed by atoms with E-state index in [2.05, 4.69) is 26.6 Å². The van der Waals surface area contributed by atoms with Gasteiger partial charge >= 0.3 is 0 Å². The van der Waals surface area contributed by atoms with Crippen molar-refractivity contribution in [1.29, 1.82) is 0 Å². The Morgan fingerprint density at radius 1 is 1.07 bits per heavy atom. The van der Waals surface area contributed by atoms with Gasteiger partial charge in [-0.2, -0.15) is 0 Å². The standard InChI is InChI=1S/C21H21BrN2O3/c1-13-3-6-17-15(12-27-19(17)9-13)10-21(26)23-8-7-20(25)24-18-11-16(22)5-4-14(18)2/h3-6,9,11-12H,7-8,10H2,1-2H3,(H,23,26)(H,24,25). The highest BCUT2D eigenvalue weighted by atomic mass is 79.9. The zero-order valence-corrected chi connectivity index (χ0v) is 16.9. The Kier molecular flexibility index (Phi) is 5.96. The Labute approximate surface area is 166 Å². The summed E-state index contributed by atoms with van der Waals surface area (Å²) in [7, 11) is 0. The van der Waals surface area contributed by atoms with Crippen molar-refractivity contribution in [3.63, 3.8) is 0 Å². The number of carbonyl (C=O) groups is 2. The van der Waals surface area contributed by atoms with Crippen molar-refractivity contribution in [3.05, 3.63) is 63.8 Å². The molecule has 0 fully saturated rings. The predicted molar refractivity (Wildman–Crippen MR) is 110 cm³/mol. The third-order valence-corrected chi connectivity index (χ3v) is 4.80. The van der Waals surface area contributed by atoms with Crippen LogP contribution in [0.4, 0.5) is 5.69 Å². The summed E-state index contributed by atoms with van der Waals surface area (Å²) in [5, 5.41) is 6.60. The molecule has 27 heavy (non-hydrogen) atoms. The van der Waals surface area contributed by atoms with Gasteiger partial charge in [0, 0.05) is 34.1 Å². The monoisotopic (exact) mass is 428 g/mol. The fraction of sp³-hybridized carbons (Fsp3) is 0.238. The molecule has 0 aliphatic heterocycles. The maximum absolute atomic E-state index is 12.2. The van der Waals surface area contributed by atoms with Crippen LogP contribution in [0.15, 0.2) is 51.6 Å². The lowest BCUT2D eigenvalue weighted by Crippen LogP contribution is -2.28. The first kappa shape index (κ1) is 19.2. The van der Waals surface area contributed by atoms with Gasteiger partial charge in [-0.3, -0.25) is 9.59 Å². The molecule has 3 aromatic rings. The van der Waals surface area contributed by atoms with E-state index in [1.807, 2.05) is 50.2 Å². The molecule has 0 aliphatic rings. The topological polar surface area (TPSA) is 71.3 Å².